The van der Waals surface area contributed by atoms with Crippen LogP contribution in [0.4, 0.5) is 0 Å². The number of fused-ring (bicyclic) bond motifs is 1. The minimum atomic E-state index is 0.0847. The normalized spacial score (nSPS) is 16.0. The third kappa shape index (κ3) is 4.56. The van der Waals surface area contributed by atoms with Crippen LogP contribution >= 0.6 is 0 Å². The summed E-state index contributed by atoms with van der Waals surface area (Å²) in [5.41, 5.74) is 4.80. The number of aromatic nitrogens is 1. The Hall–Kier alpha value is -3.79. The quantitative estimate of drug-likeness (QED) is 0.362. The zero-order valence-corrected chi connectivity index (χ0v) is 18.9. The summed E-state index contributed by atoms with van der Waals surface area (Å²) in [6.07, 6.45) is 6.86. The summed E-state index contributed by atoms with van der Waals surface area (Å²) in [5.74, 6) is 1.30. The second-order valence-corrected chi connectivity index (χ2v) is 8.59. The highest BCUT2D eigenvalue weighted by molar-refractivity contribution is 5.92. The maximum Gasteiger partial charge on any atom is 0.246 e. The largest absolute Gasteiger partial charge is 0.497 e. The van der Waals surface area contributed by atoms with Crippen LogP contribution in [0.1, 0.15) is 29.0 Å². The van der Waals surface area contributed by atoms with Gasteiger partial charge in [-0.15, -0.1) is 0 Å². The Morgan fingerprint density at radius 3 is 2.70 bits per heavy atom. The third-order valence-electron chi connectivity index (χ3n) is 6.46. The fraction of sp³-hybridized carbons (Fsp3) is 0.207. The molecule has 0 radical (unpaired) electrons. The molecule has 0 saturated carbocycles. The molecule has 1 saturated heterocycles. The summed E-state index contributed by atoms with van der Waals surface area (Å²) in [6.45, 7) is 2.33. The number of nitrogens with zero attached hydrogens (tertiary/aromatic N) is 2. The molecule has 4 nitrogen and oxygen atoms in total. The molecule has 1 amide bonds. The molecule has 1 aliphatic rings. The average Bonchev–Trinajstić information content (AvgIpc) is 3.49. The van der Waals surface area contributed by atoms with Gasteiger partial charge in [0.15, 0.2) is 0 Å². The Kier molecular flexibility index (Phi) is 5.99. The van der Waals surface area contributed by atoms with E-state index in [0.29, 0.717) is 5.92 Å². The lowest BCUT2D eigenvalue weighted by atomic mass is 9.98. The lowest BCUT2D eigenvalue weighted by Crippen LogP contribution is -2.26. The number of likely N-dealkylation sites (tertiary alicyclic amines) is 1. The maximum absolute atomic E-state index is 12.8. The molecule has 0 aliphatic carbocycles. The van der Waals surface area contributed by atoms with Crippen LogP contribution in [-0.2, 0) is 11.3 Å². The number of carbonyl (C=O) groups is 1. The zero-order valence-electron chi connectivity index (χ0n) is 18.9. The summed E-state index contributed by atoms with van der Waals surface area (Å²) < 4.78 is 7.72. The summed E-state index contributed by atoms with van der Waals surface area (Å²) in [7, 11) is 1.70. The smallest absolute Gasteiger partial charge is 0.246 e. The zero-order chi connectivity index (χ0) is 22.6. The number of para-hydroxylation sites is 1. The third-order valence-corrected chi connectivity index (χ3v) is 6.46. The Labute approximate surface area is 194 Å². The van der Waals surface area contributed by atoms with Gasteiger partial charge in [0.05, 0.1) is 7.11 Å². The lowest BCUT2D eigenvalue weighted by Gasteiger charge is -2.14. The first-order chi connectivity index (χ1) is 16.2. The molecule has 1 fully saturated rings. The van der Waals surface area contributed by atoms with Crippen LogP contribution < -0.4 is 4.74 Å². The molecule has 2 heterocycles. The molecule has 166 valence electrons. The van der Waals surface area contributed by atoms with Gasteiger partial charge in [0.2, 0.25) is 5.91 Å². The van der Waals surface area contributed by atoms with Crippen LogP contribution in [-0.4, -0.2) is 35.6 Å². The predicted octanol–water partition coefficient (Wildman–Crippen LogP) is 5.73. The first-order valence-corrected chi connectivity index (χ1v) is 11.4. The van der Waals surface area contributed by atoms with Crippen molar-refractivity contribution >= 4 is 22.9 Å². The fourth-order valence-electron chi connectivity index (χ4n) is 4.75. The molecule has 3 aromatic carbocycles. The van der Waals surface area contributed by atoms with Crippen molar-refractivity contribution in [2.24, 2.45) is 0 Å². The van der Waals surface area contributed by atoms with Gasteiger partial charge in [-0.2, -0.15) is 0 Å². The van der Waals surface area contributed by atoms with Gasteiger partial charge in [0, 0.05) is 48.7 Å². The van der Waals surface area contributed by atoms with E-state index >= 15 is 0 Å². The van der Waals surface area contributed by atoms with Gasteiger partial charge < -0.3 is 14.2 Å². The standard InChI is InChI=1S/C29H28N2O2/c1-33-25-11-7-10-23(18-25)19-31-21-27(26-12-5-6-13-28(26)31)24-16-17-30(20-24)29(32)15-14-22-8-3-2-4-9-22/h2-15,18,21,24H,16-17,19-20H2,1H3/b15-14+. The van der Waals surface area contributed by atoms with Crippen LogP contribution in [0.15, 0.2) is 91.1 Å². The SMILES string of the molecule is COc1cccc(Cn2cc(C3CCN(C(=O)/C=C/c4ccccc4)C3)c3ccccc32)c1. The summed E-state index contributed by atoms with van der Waals surface area (Å²) in [6, 6.07) is 26.8. The highest BCUT2D eigenvalue weighted by Crippen LogP contribution is 2.34. The monoisotopic (exact) mass is 436 g/mol. The van der Waals surface area contributed by atoms with Gasteiger partial charge in [-0.05, 0) is 47.4 Å². The van der Waals surface area contributed by atoms with E-state index in [2.05, 4.69) is 47.2 Å². The van der Waals surface area contributed by atoms with E-state index < -0.39 is 0 Å². The number of hydrogen-bond acceptors (Lipinski definition) is 2. The van der Waals surface area contributed by atoms with E-state index in [1.807, 2.05) is 53.4 Å². The summed E-state index contributed by atoms with van der Waals surface area (Å²) in [4.78, 5) is 14.8. The molecule has 1 aliphatic heterocycles. The van der Waals surface area contributed by atoms with Crippen molar-refractivity contribution in [2.45, 2.75) is 18.9 Å². The molecule has 4 heteroatoms. The summed E-state index contributed by atoms with van der Waals surface area (Å²) >= 11 is 0. The van der Waals surface area contributed by atoms with Crippen LogP contribution in [0.25, 0.3) is 17.0 Å². The Balaban J connectivity index is 1.36. The van der Waals surface area contributed by atoms with E-state index in [1.54, 1.807) is 13.2 Å². The van der Waals surface area contributed by atoms with Crippen LogP contribution in [0.5, 0.6) is 5.75 Å². The Morgan fingerprint density at radius 2 is 1.85 bits per heavy atom. The Morgan fingerprint density at radius 1 is 1.03 bits per heavy atom. The number of ether oxygens (including phenoxy) is 1. The van der Waals surface area contributed by atoms with Crippen molar-refractivity contribution in [1.29, 1.82) is 0 Å². The molecule has 1 aromatic heterocycles. The van der Waals surface area contributed by atoms with Crippen LogP contribution in [0, 0.1) is 0 Å². The van der Waals surface area contributed by atoms with Gasteiger partial charge in [0.1, 0.15) is 5.75 Å². The van der Waals surface area contributed by atoms with Gasteiger partial charge in [-0.25, -0.2) is 0 Å². The van der Waals surface area contributed by atoms with E-state index in [1.165, 1.54) is 22.0 Å². The minimum absolute atomic E-state index is 0.0847. The molecular weight excluding hydrogens is 408 g/mol. The van der Waals surface area contributed by atoms with Crippen molar-refractivity contribution in [3.8, 4) is 5.75 Å². The van der Waals surface area contributed by atoms with Gasteiger partial charge >= 0.3 is 0 Å². The van der Waals surface area contributed by atoms with E-state index in [0.717, 1.165) is 37.4 Å². The first kappa shape index (κ1) is 21.1. The average molecular weight is 437 g/mol. The van der Waals surface area contributed by atoms with E-state index in [4.69, 9.17) is 4.74 Å². The van der Waals surface area contributed by atoms with Crippen LogP contribution in [0.3, 0.4) is 0 Å². The van der Waals surface area contributed by atoms with Crippen molar-refractivity contribution < 1.29 is 9.53 Å². The van der Waals surface area contributed by atoms with Crippen molar-refractivity contribution in [3.05, 3.63) is 108 Å². The van der Waals surface area contributed by atoms with Gasteiger partial charge in [-0.3, -0.25) is 4.79 Å². The van der Waals surface area contributed by atoms with E-state index in [9.17, 15) is 4.79 Å². The second-order valence-electron chi connectivity index (χ2n) is 8.59. The molecule has 0 N–H and O–H groups in total. The molecule has 0 spiro atoms. The molecule has 1 atom stereocenters. The van der Waals surface area contributed by atoms with Gasteiger partial charge in [-0.1, -0.05) is 60.7 Å². The number of rotatable bonds is 6. The predicted molar refractivity (Wildman–Crippen MR) is 133 cm³/mol. The highest BCUT2D eigenvalue weighted by atomic mass is 16.5. The molecule has 33 heavy (non-hydrogen) atoms. The van der Waals surface area contributed by atoms with Crippen molar-refractivity contribution in [2.75, 3.05) is 20.2 Å². The second kappa shape index (κ2) is 9.37. The number of methoxy groups -OCH3 is 1. The first-order valence-electron chi connectivity index (χ1n) is 11.4. The highest BCUT2D eigenvalue weighted by Gasteiger charge is 2.28. The molecule has 4 aromatic rings. The Bertz CT molecular complexity index is 1290. The summed E-state index contributed by atoms with van der Waals surface area (Å²) in [5, 5.41) is 1.28. The van der Waals surface area contributed by atoms with Crippen LogP contribution in [0.2, 0.25) is 0 Å². The van der Waals surface area contributed by atoms with Gasteiger partial charge in [0.25, 0.3) is 0 Å². The number of hydrogen-bond donors (Lipinski definition) is 0. The molecular formula is C29H28N2O2. The fourth-order valence-corrected chi connectivity index (χ4v) is 4.75. The van der Waals surface area contributed by atoms with Crippen molar-refractivity contribution in [1.82, 2.24) is 9.47 Å². The maximum atomic E-state index is 12.8. The van der Waals surface area contributed by atoms with Crippen molar-refractivity contribution in [3.63, 3.8) is 0 Å². The van der Waals surface area contributed by atoms with E-state index in [-0.39, 0.29) is 5.91 Å². The molecule has 5 rings (SSSR count). The number of carbonyl (C=O) groups excluding carboxylic acids is 1. The lowest BCUT2D eigenvalue weighted by molar-refractivity contribution is -0.124. The number of amides is 1. The molecule has 1 unspecified atom stereocenters. The molecule has 0 bridgehead atoms. The number of benzene rings is 3. The minimum Gasteiger partial charge on any atom is -0.497 e. The topological polar surface area (TPSA) is 34.5 Å².